The number of rotatable bonds is 6. The number of ketones is 1. The minimum absolute atomic E-state index is 0.0535. The summed E-state index contributed by atoms with van der Waals surface area (Å²) in [6.45, 7) is 0.0535. The number of halogens is 2. The van der Waals surface area contributed by atoms with Crippen molar-refractivity contribution in [3.8, 4) is 17.0 Å². The molecule has 1 N–H and O–H groups in total. The third kappa shape index (κ3) is 4.13. The van der Waals surface area contributed by atoms with Crippen molar-refractivity contribution in [1.29, 1.82) is 0 Å². The van der Waals surface area contributed by atoms with E-state index in [4.69, 9.17) is 32.5 Å². The zero-order valence-corrected chi connectivity index (χ0v) is 14.8. The molecule has 7 heteroatoms. The maximum Gasteiger partial charge on any atom is 0.225 e. The Morgan fingerprint density at radius 2 is 1.92 bits per heavy atom. The number of nitrogens with one attached hydrogen (secondary N) is 1. The summed E-state index contributed by atoms with van der Waals surface area (Å²) < 4.78 is 10.3. The summed E-state index contributed by atoms with van der Waals surface area (Å²) in [6.07, 6.45) is 0. The van der Waals surface area contributed by atoms with E-state index in [1.807, 2.05) is 12.1 Å². The molecule has 0 radical (unpaired) electrons. The summed E-state index contributed by atoms with van der Waals surface area (Å²) in [5.41, 5.74) is 2.00. The van der Waals surface area contributed by atoms with Gasteiger partial charge in [-0.1, -0.05) is 40.5 Å². The fraction of sp³-hybridized carbons (Fsp3) is 0.111. The SMILES string of the molecule is COc1ccc(C(=O)CNc2cc(-c3ccc(Cl)cc3)no2)cc1Cl. The Kier molecular flexibility index (Phi) is 5.26. The van der Waals surface area contributed by atoms with Gasteiger partial charge in [0.1, 0.15) is 11.4 Å². The van der Waals surface area contributed by atoms with Gasteiger partial charge < -0.3 is 14.6 Å². The van der Waals surface area contributed by atoms with E-state index in [2.05, 4.69) is 10.5 Å². The second kappa shape index (κ2) is 7.59. The third-order valence-electron chi connectivity index (χ3n) is 3.55. The fourth-order valence-electron chi connectivity index (χ4n) is 2.22. The van der Waals surface area contributed by atoms with Gasteiger partial charge in [0, 0.05) is 22.2 Å². The van der Waals surface area contributed by atoms with Crippen LogP contribution in [0.3, 0.4) is 0 Å². The Bertz CT molecular complexity index is 892. The van der Waals surface area contributed by atoms with Crippen LogP contribution in [0.25, 0.3) is 11.3 Å². The molecule has 3 rings (SSSR count). The Morgan fingerprint density at radius 1 is 1.16 bits per heavy atom. The van der Waals surface area contributed by atoms with E-state index in [1.54, 1.807) is 36.4 Å². The molecule has 25 heavy (non-hydrogen) atoms. The summed E-state index contributed by atoms with van der Waals surface area (Å²) in [5.74, 6) is 0.793. The van der Waals surface area contributed by atoms with Crippen LogP contribution in [-0.4, -0.2) is 24.6 Å². The van der Waals surface area contributed by atoms with Crippen molar-refractivity contribution in [2.75, 3.05) is 19.0 Å². The Hall–Kier alpha value is -2.50. The van der Waals surface area contributed by atoms with Crippen LogP contribution in [0.15, 0.2) is 53.1 Å². The maximum atomic E-state index is 12.2. The lowest BCUT2D eigenvalue weighted by molar-refractivity contribution is 0.101. The minimum atomic E-state index is -0.131. The largest absolute Gasteiger partial charge is 0.495 e. The second-order valence-corrected chi connectivity index (χ2v) is 6.05. The molecule has 128 valence electrons. The van der Waals surface area contributed by atoms with Crippen LogP contribution < -0.4 is 10.1 Å². The van der Waals surface area contributed by atoms with Gasteiger partial charge in [-0.25, -0.2) is 0 Å². The first-order valence-electron chi connectivity index (χ1n) is 7.40. The van der Waals surface area contributed by atoms with Crippen molar-refractivity contribution in [2.45, 2.75) is 0 Å². The van der Waals surface area contributed by atoms with E-state index in [0.29, 0.717) is 32.9 Å². The van der Waals surface area contributed by atoms with Gasteiger partial charge in [-0.2, -0.15) is 0 Å². The fourth-order valence-corrected chi connectivity index (χ4v) is 2.61. The van der Waals surface area contributed by atoms with Crippen LogP contribution in [0, 0.1) is 0 Å². The van der Waals surface area contributed by atoms with Crippen molar-refractivity contribution in [1.82, 2.24) is 5.16 Å². The van der Waals surface area contributed by atoms with Crippen molar-refractivity contribution in [3.63, 3.8) is 0 Å². The minimum Gasteiger partial charge on any atom is -0.495 e. The zero-order chi connectivity index (χ0) is 17.8. The molecule has 0 aliphatic heterocycles. The molecule has 0 saturated heterocycles. The van der Waals surface area contributed by atoms with Crippen molar-refractivity contribution in [2.24, 2.45) is 0 Å². The molecule has 3 aromatic rings. The number of nitrogens with zero attached hydrogens (tertiary/aromatic N) is 1. The topological polar surface area (TPSA) is 64.4 Å². The van der Waals surface area contributed by atoms with Crippen molar-refractivity contribution in [3.05, 3.63) is 64.1 Å². The van der Waals surface area contributed by atoms with Gasteiger partial charge in [-0.15, -0.1) is 0 Å². The first-order valence-corrected chi connectivity index (χ1v) is 8.15. The average molecular weight is 377 g/mol. The molecule has 0 spiro atoms. The summed E-state index contributed by atoms with van der Waals surface area (Å²) in [5, 5.41) is 7.92. The smallest absolute Gasteiger partial charge is 0.225 e. The molecule has 0 bridgehead atoms. The normalized spacial score (nSPS) is 10.5. The molecular formula is C18H14Cl2N2O3. The molecule has 0 aliphatic carbocycles. The molecule has 5 nitrogen and oxygen atoms in total. The molecule has 2 aromatic carbocycles. The number of hydrogen-bond donors (Lipinski definition) is 1. The third-order valence-corrected chi connectivity index (χ3v) is 4.09. The van der Waals surface area contributed by atoms with Gasteiger partial charge in [-0.05, 0) is 30.3 Å². The van der Waals surface area contributed by atoms with E-state index >= 15 is 0 Å². The number of aromatic nitrogens is 1. The molecule has 0 fully saturated rings. The Balaban J connectivity index is 1.65. The molecule has 0 amide bonds. The van der Waals surface area contributed by atoms with Gasteiger partial charge in [0.05, 0.1) is 18.7 Å². The van der Waals surface area contributed by atoms with Crippen LogP contribution >= 0.6 is 23.2 Å². The monoisotopic (exact) mass is 376 g/mol. The molecule has 1 aromatic heterocycles. The summed E-state index contributed by atoms with van der Waals surface area (Å²) in [7, 11) is 1.52. The lowest BCUT2D eigenvalue weighted by Crippen LogP contribution is -2.13. The average Bonchev–Trinajstić information content (AvgIpc) is 3.09. The first kappa shape index (κ1) is 17.3. The molecule has 0 unspecified atom stereocenters. The number of benzene rings is 2. The number of anilines is 1. The van der Waals surface area contributed by atoms with Crippen LogP contribution in [0.2, 0.25) is 10.0 Å². The van der Waals surface area contributed by atoms with E-state index in [0.717, 1.165) is 5.56 Å². The highest BCUT2D eigenvalue weighted by Gasteiger charge is 2.11. The predicted molar refractivity (Wildman–Crippen MR) is 97.8 cm³/mol. The van der Waals surface area contributed by atoms with Gasteiger partial charge >= 0.3 is 0 Å². The number of hydrogen-bond acceptors (Lipinski definition) is 5. The highest BCUT2D eigenvalue weighted by Crippen LogP contribution is 2.26. The van der Waals surface area contributed by atoms with E-state index in [9.17, 15) is 4.79 Å². The first-order chi connectivity index (χ1) is 12.1. The summed E-state index contributed by atoms with van der Waals surface area (Å²) in [4.78, 5) is 12.2. The van der Waals surface area contributed by atoms with Crippen LogP contribution in [0.5, 0.6) is 5.75 Å². The Morgan fingerprint density at radius 3 is 2.60 bits per heavy atom. The van der Waals surface area contributed by atoms with Gasteiger partial charge in [0.25, 0.3) is 0 Å². The highest BCUT2D eigenvalue weighted by molar-refractivity contribution is 6.32. The molecular weight excluding hydrogens is 363 g/mol. The van der Waals surface area contributed by atoms with Crippen molar-refractivity contribution >= 4 is 34.9 Å². The maximum absolute atomic E-state index is 12.2. The van der Waals surface area contributed by atoms with Crippen LogP contribution in [-0.2, 0) is 0 Å². The van der Waals surface area contributed by atoms with Gasteiger partial charge in [-0.3, -0.25) is 4.79 Å². The number of ether oxygens (including phenoxy) is 1. The number of carbonyl (C=O) groups excluding carboxylic acids is 1. The summed E-state index contributed by atoms with van der Waals surface area (Å²) in [6, 6.07) is 13.8. The standard InChI is InChI=1S/C18H14Cl2N2O3/c1-24-17-7-4-12(8-14(17)20)16(23)10-21-18-9-15(22-25-18)11-2-5-13(19)6-3-11/h2-9,21H,10H2,1H3. The second-order valence-electron chi connectivity index (χ2n) is 5.21. The zero-order valence-electron chi connectivity index (χ0n) is 13.3. The lowest BCUT2D eigenvalue weighted by atomic mass is 10.1. The van der Waals surface area contributed by atoms with Gasteiger partial charge in [0.2, 0.25) is 5.88 Å². The number of methoxy groups -OCH3 is 1. The highest BCUT2D eigenvalue weighted by atomic mass is 35.5. The molecule has 1 heterocycles. The molecule has 0 saturated carbocycles. The summed E-state index contributed by atoms with van der Waals surface area (Å²) >= 11 is 11.9. The van der Waals surface area contributed by atoms with Crippen LogP contribution in [0.4, 0.5) is 5.88 Å². The van der Waals surface area contributed by atoms with Crippen LogP contribution in [0.1, 0.15) is 10.4 Å². The van der Waals surface area contributed by atoms with E-state index < -0.39 is 0 Å². The molecule has 0 aliphatic rings. The number of carbonyl (C=O) groups is 1. The Labute approximate surface area is 154 Å². The van der Waals surface area contributed by atoms with Gasteiger partial charge in [0.15, 0.2) is 5.78 Å². The predicted octanol–water partition coefficient (Wildman–Crippen LogP) is 4.95. The quantitative estimate of drug-likeness (QED) is 0.616. The molecule has 0 atom stereocenters. The van der Waals surface area contributed by atoms with E-state index in [-0.39, 0.29) is 12.3 Å². The number of Topliss-reactive ketones (excluding diaryl/α,β-unsaturated/α-hetero) is 1. The van der Waals surface area contributed by atoms with E-state index in [1.165, 1.54) is 7.11 Å². The van der Waals surface area contributed by atoms with Crippen molar-refractivity contribution < 1.29 is 14.1 Å². The lowest BCUT2D eigenvalue weighted by Gasteiger charge is -2.06.